The third-order valence-corrected chi connectivity index (χ3v) is 4.10. The molecule has 1 saturated heterocycles. The molecule has 2 aromatic carbocycles. The zero-order valence-corrected chi connectivity index (χ0v) is 13.9. The SMILES string of the molecule is Oc1ccc(CN2CCOC[C@@](O)(COc3ccc(F)cc3)C2)cc1. The molecule has 1 heterocycles. The van der Waals surface area contributed by atoms with Crippen molar-refractivity contribution in [2.75, 3.05) is 32.9 Å². The second-order valence-electron chi connectivity index (χ2n) is 6.40. The van der Waals surface area contributed by atoms with E-state index < -0.39 is 5.60 Å². The van der Waals surface area contributed by atoms with Crippen LogP contribution in [0.4, 0.5) is 4.39 Å². The summed E-state index contributed by atoms with van der Waals surface area (Å²) in [5.74, 6) is 0.403. The van der Waals surface area contributed by atoms with Gasteiger partial charge < -0.3 is 19.7 Å². The minimum Gasteiger partial charge on any atom is -0.508 e. The van der Waals surface area contributed by atoms with E-state index in [-0.39, 0.29) is 24.8 Å². The summed E-state index contributed by atoms with van der Waals surface area (Å²) in [5, 5.41) is 20.2. The molecule has 0 unspecified atom stereocenters. The van der Waals surface area contributed by atoms with E-state index in [0.29, 0.717) is 32.0 Å². The van der Waals surface area contributed by atoms with Gasteiger partial charge in [0.1, 0.15) is 29.5 Å². The smallest absolute Gasteiger partial charge is 0.134 e. The summed E-state index contributed by atoms with van der Waals surface area (Å²) in [5.41, 5.74) is -0.108. The van der Waals surface area contributed by atoms with Gasteiger partial charge in [0.15, 0.2) is 0 Å². The lowest BCUT2D eigenvalue weighted by atomic mass is 10.1. The first kappa shape index (κ1) is 17.7. The number of hydrogen-bond donors (Lipinski definition) is 2. The third-order valence-electron chi connectivity index (χ3n) is 4.10. The largest absolute Gasteiger partial charge is 0.508 e. The molecule has 1 aliphatic heterocycles. The summed E-state index contributed by atoms with van der Waals surface area (Å²) in [6.07, 6.45) is 0. The third kappa shape index (κ3) is 5.16. The summed E-state index contributed by atoms with van der Waals surface area (Å²) >= 11 is 0. The zero-order chi connectivity index (χ0) is 17.7. The Morgan fingerprint density at radius 1 is 1.12 bits per heavy atom. The average molecular weight is 347 g/mol. The maximum absolute atomic E-state index is 12.9. The van der Waals surface area contributed by atoms with Crippen molar-refractivity contribution in [2.24, 2.45) is 0 Å². The van der Waals surface area contributed by atoms with Crippen LogP contribution in [0.1, 0.15) is 5.56 Å². The predicted octanol–water partition coefficient (Wildman–Crippen LogP) is 2.17. The molecule has 3 rings (SSSR count). The van der Waals surface area contributed by atoms with Crippen molar-refractivity contribution >= 4 is 0 Å². The molecule has 134 valence electrons. The molecule has 0 radical (unpaired) electrons. The molecule has 1 atom stereocenters. The average Bonchev–Trinajstić information content (AvgIpc) is 2.78. The number of aromatic hydroxyl groups is 1. The van der Waals surface area contributed by atoms with E-state index in [1.807, 2.05) is 12.1 Å². The molecule has 0 bridgehead atoms. The maximum atomic E-state index is 12.9. The molecule has 0 amide bonds. The van der Waals surface area contributed by atoms with Crippen LogP contribution in [0.2, 0.25) is 0 Å². The van der Waals surface area contributed by atoms with Crippen LogP contribution in [0.5, 0.6) is 11.5 Å². The molecule has 2 aromatic rings. The molecule has 5 nitrogen and oxygen atoms in total. The van der Waals surface area contributed by atoms with E-state index in [2.05, 4.69) is 4.90 Å². The number of benzene rings is 2. The standard InChI is InChI=1S/C19H22FNO4/c20-16-3-7-18(8-4-16)25-14-19(23)12-21(9-10-24-13-19)11-15-1-5-17(22)6-2-15/h1-8,22-23H,9-14H2/t19-/m1/s1. The fourth-order valence-electron chi connectivity index (χ4n) is 2.83. The summed E-state index contributed by atoms with van der Waals surface area (Å²) in [6.45, 7) is 2.50. The monoisotopic (exact) mass is 347 g/mol. The number of hydrogen-bond acceptors (Lipinski definition) is 5. The van der Waals surface area contributed by atoms with Gasteiger partial charge in [0.2, 0.25) is 0 Å². The van der Waals surface area contributed by atoms with Gasteiger partial charge >= 0.3 is 0 Å². The summed E-state index contributed by atoms with van der Waals surface area (Å²) in [4.78, 5) is 2.09. The van der Waals surface area contributed by atoms with Crippen molar-refractivity contribution in [3.05, 3.63) is 59.9 Å². The molecule has 0 aromatic heterocycles. The van der Waals surface area contributed by atoms with E-state index in [4.69, 9.17) is 9.47 Å². The van der Waals surface area contributed by atoms with Crippen molar-refractivity contribution in [1.29, 1.82) is 0 Å². The van der Waals surface area contributed by atoms with E-state index in [1.165, 1.54) is 24.3 Å². The fourth-order valence-corrected chi connectivity index (χ4v) is 2.83. The van der Waals surface area contributed by atoms with Gasteiger partial charge in [0.05, 0.1) is 13.2 Å². The Morgan fingerprint density at radius 2 is 1.84 bits per heavy atom. The number of phenolic OH excluding ortho intramolecular Hbond substituents is 1. The number of rotatable bonds is 5. The molecule has 0 aliphatic carbocycles. The lowest BCUT2D eigenvalue weighted by Crippen LogP contribution is -2.48. The Kier molecular flexibility index (Phi) is 5.53. The number of aliphatic hydroxyl groups is 1. The molecule has 6 heteroatoms. The predicted molar refractivity (Wildman–Crippen MR) is 91.0 cm³/mol. The van der Waals surface area contributed by atoms with Crippen LogP contribution in [0, 0.1) is 5.82 Å². The number of phenols is 1. The van der Waals surface area contributed by atoms with Crippen molar-refractivity contribution in [2.45, 2.75) is 12.1 Å². The Hall–Kier alpha value is -2.15. The van der Waals surface area contributed by atoms with Gasteiger partial charge in [-0.1, -0.05) is 12.1 Å². The van der Waals surface area contributed by atoms with Crippen LogP contribution < -0.4 is 4.74 Å². The minimum absolute atomic E-state index is 0.0602. The number of ether oxygens (including phenoxy) is 2. The lowest BCUT2D eigenvalue weighted by Gasteiger charge is -2.30. The van der Waals surface area contributed by atoms with Gasteiger partial charge in [-0.3, -0.25) is 4.90 Å². The summed E-state index contributed by atoms with van der Waals surface area (Å²) in [7, 11) is 0. The number of β-amino-alcohol motifs (C(OH)–C–C–N with tert-alkyl or cyclic N) is 1. The van der Waals surface area contributed by atoms with Crippen LogP contribution >= 0.6 is 0 Å². The van der Waals surface area contributed by atoms with Crippen LogP contribution in [-0.2, 0) is 11.3 Å². The topological polar surface area (TPSA) is 62.2 Å². The normalized spacial score (nSPS) is 21.7. The van der Waals surface area contributed by atoms with E-state index in [0.717, 1.165) is 5.56 Å². The van der Waals surface area contributed by atoms with E-state index >= 15 is 0 Å². The minimum atomic E-state index is -1.15. The first-order valence-corrected chi connectivity index (χ1v) is 8.21. The van der Waals surface area contributed by atoms with E-state index in [9.17, 15) is 14.6 Å². The Morgan fingerprint density at radius 3 is 2.56 bits per heavy atom. The van der Waals surface area contributed by atoms with E-state index in [1.54, 1.807) is 12.1 Å². The first-order chi connectivity index (χ1) is 12.0. The van der Waals surface area contributed by atoms with Crippen molar-refractivity contribution in [1.82, 2.24) is 4.90 Å². The summed E-state index contributed by atoms with van der Waals surface area (Å²) < 4.78 is 24.1. The zero-order valence-electron chi connectivity index (χ0n) is 13.9. The van der Waals surface area contributed by atoms with Crippen molar-refractivity contribution in [3.8, 4) is 11.5 Å². The molecule has 2 N–H and O–H groups in total. The molecule has 0 spiro atoms. The van der Waals surface area contributed by atoms with Gasteiger partial charge in [0.25, 0.3) is 0 Å². The molecule has 1 aliphatic rings. The van der Waals surface area contributed by atoms with Gasteiger partial charge in [-0.2, -0.15) is 0 Å². The second kappa shape index (κ2) is 7.82. The van der Waals surface area contributed by atoms with Crippen LogP contribution in [-0.4, -0.2) is 53.6 Å². The molecular formula is C19H22FNO4. The quantitative estimate of drug-likeness (QED) is 0.868. The first-order valence-electron chi connectivity index (χ1n) is 8.21. The Labute approximate surface area is 146 Å². The molecular weight excluding hydrogens is 325 g/mol. The number of halogens is 1. The van der Waals surface area contributed by atoms with Gasteiger partial charge in [0, 0.05) is 19.6 Å². The fraction of sp³-hybridized carbons (Fsp3) is 0.368. The summed E-state index contributed by atoms with van der Waals surface area (Å²) in [6, 6.07) is 12.7. The highest BCUT2D eigenvalue weighted by molar-refractivity contribution is 5.26. The maximum Gasteiger partial charge on any atom is 0.134 e. The van der Waals surface area contributed by atoms with Crippen molar-refractivity contribution in [3.63, 3.8) is 0 Å². The van der Waals surface area contributed by atoms with Gasteiger partial charge in [-0.05, 0) is 42.0 Å². The molecule has 25 heavy (non-hydrogen) atoms. The van der Waals surface area contributed by atoms with Gasteiger partial charge in [-0.15, -0.1) is 0 Å². The highest BCUT2D eigenvalue weighted by Crippen LogP contribution is 2.19. The number of nitrogens with zero attached hydrogens (tertiary/aromatic N) is 1. The highest BCUT2D eigenvalue weighted by Gasteiger charge is 2.33. The molecule has 0 saturated carbocycles. The van der Waals surface area contributed by atoms with Gasteiger partial charge in [-0.25, -0.2) is 4.39 Å². The van der Waals surface area contributed by atoms with Crippen LogP contribution in [0.3, 0.4) is 0 Å². The Bertz CT molecular complexity index is 677. The Balaban J connectivity index is 1.61. The highest BCUT2D eigenvalue weighted by atomic mass is 19.1. The molecule has 1 fully saturated rings. The lowest BCUT2D eigenvalue weighted by molar-refractivity contribution is -0.0646. The van der Waals surface area contributed by atoms with Crippen LogP contribution in [0.15, 0.2) is 48.5 Å². The second-order valence-corrected chi connectivity index (χ2v) is 6.40. The van der Waals surface area contributed by atoms with Crippen molar-refractivity contribution < 1.29 is 24.1 Å². The van der Waals surface area contributed by atoms with Crippen LogP contribution in [0.25, 0.3) is 0 Å².